The van der Waals surface area contributed by atoms with Gasteiger partial charge >= 0.3 is 0 Å². The second-order valence-electron chi connectivity index (χ2n) is 7.63. The molecule has 1 unspecified atom stereocenters. The molecule has 2 rings (SSSR count). The minimum Gasteiger partial charge on any atom is -0.512 e. The minimum atomic E-state index is -0.258. The Labute approximate surface area is 173 Å². The van der Waals surface area contributed by atoms with E-state index < -0.39 is 0 Å². The molecule has 4 N–H and O–H groups in total. The van der Waals surface area contributed by atoms with Crippen LogP contribution < -0.4 is 5.73 Å². The maximum atomic E-state index is 12.1. The molecular weight excluding hydrogens is 364 g/mol. The quantitative estimate of drug-likeness (QED) is 0.332. The Morgan fingerprint density at radius 3 is 2.31 bits per heavy atom. The molecule has 0 aliphatic rings. The summed E-state index contributed by atoms with van der Waals surface area (Å²) >= 11 is 0. The van der Waals surface area contributed by atoms with Crippen molar-refractivity contribution in [1.29, 1.82) is 0 Å². The Morgan fingerprint density at radius 1 is 1.00 bits per heavy atom. The van der Waals surface area contributed by atoms with Crippen molar-refractivity contribution in [3.05, 3.63) is 60.1 Å². The van der Waals surface area contributed by atoms with Crippen LogP contribution in [0.15, 0.2) is 54.6 Å². The fourth-order valence-electron chi connectivity index (χ4n) is 3.25. The summed E-state index contributed by atoms with van der Waals surface area (Å²) in [7, 11) is 0. The van der Waals surface area contributed by atoms with E-state index >= 15 is 0 Å². The predicted molar refractivity (Wildman–Crippen MR) is 117 cm³/mol. The fraction of sp³-hybridized carbons (Fsp3) is 0.417. The third kappa shape index (κ3) is 8.92. The van der Waals surface area contributed by atoms with Crippen LogP contribution >= 0.6 is 0 Å². The molecule has 0 radical (unpaired) electrons. The first-order chi connectivity index (χ1) is 13.9. The number of nitrogens with one attached hydrogen (secondary N) is 1. The van der Waals surface area contributed by atoms with Crippen molar-refractivity contribution in [2.45, 2.75) is 64.3 Å². The Hall–Kier alpha value is -2.66. The van der Waals surface area contributed by atoms with Crippen molar-refractivity contribution < 1.29 is 14.7 Å². The van der Waals surface area contributed by atoms with Crippen LogP contribution in [0.2, 0.25) is 0 Å². The molecule has 0 bridgehead atoms. The molecule has 0 aliphatic carbocycles. The third-order valence-corrected chi connectivity index (χ3v) is 4.82. The first-order valence-corrected chi connectivity index (χ1v) is 10.3. The average molecular weight is 397 g/mol. The first kappa shape index (κ1) is 22.6. The summed E-state index contributed by atoms with van der Waals surface area (Å²) < 4.78 is 0. The van der Waals surface area contributed by atoms with E-state index in [0.29, 0.717) is 19.3 Å². The molecule has 2 aromatic rings. The van der Waals surface area contributed by atoms with Gasteiger partial charge in [-0.15, -0.1) is 0 Å². The Bertz CT molecular complexity index is 790. The number of H-pyrrole nitrogens is 1. The Morgan fingerprint density at radius 2 is 1.69 bits per heavy atom. The van der Waals surface area contributed by atoms with Gasteiger partial charge in [-0.1, -0.05) is 30.7 Å². The Kier molecular flexibility index (Phi) is 9.38. The second-order valence-corrected chi connectivity index (χ2v) is 7.63. The zero-order chi connectivity index (χ0) is 21.1. The van der Waals surface area contributed by atoms with Crippen molar-refractivity contribution in [3.8, 4) is 11.1 Å². The van der Waals surface area contributed by atoms with E-state index in [1.54, 1.807) is 6.92 Å². The van der Waals surface area contributed by atoms with Crippen LogP contribution in [0, 0.1) is 0 Å². The van der Waals surface area contributed by atoms with Crippen molar-refractivity contribution >= 4 is 11.6 Å². The van der Waals surface area contributed by atoms with Gasteiger partial charge in [-0.25, -0.2) is 0 Å². The van der Waals surface area contributed by atoms with Gasteiger partial charge in [-0.05, 0) is 55.0 Å². The molecule has 1 heterocycles. The molecule has 0 fully saturated rings. The predicted octanol–water partition coefficient (Wildman–Crippen LogP) is 4.88. The van der Waals surface area contributed by atoms with Crippen LogP contribution in [0.1, 0.15) is 57.4 Å². The van der Waals surface area contributed by atoms with Crippen LogP contribution in [0.4, 0.5) is 0 Å². The number of allylic oxidation sites excluding steroid dienone is 1. The molecular formula is C24H32N2O3. The number of carbonyl (C=O) groups excluding carboxylic acids is 2. The van der Waals surface area contributed by atoms with E-state index in [1.165, 1.54) is 11.6 Å². The van der Waals surface area contributed by atoms with Gasteiger partial charge in [0.25, 0.3) is 0 Å². The summed E-state index contributed by atoms with van der Waals surface area (Å²) in [6.07, 6.45) is 10.1. The monoisotopic (exact) mass is 396 g/mol. The number of aryl methyl sites for hydroxylation is 1. The van der Waals surface area contributed by atoms with Crippen LogP contribution in [0.5, 0.6) is 0 Å². The van der Waals surface area contributed by atoms with E-state index in [-0.39, 0.29) is 29.8 Å². The average Bonchev–Trinajstić information content (AvgIpc) is 3.20. The molecule has 1 atom stereocenters. The number of nitrogens with two attached hydrogens (primary N) is 1. The zero-order valence-corrected chi connectivity index (χ0v) is 17.2. The molecule has 156 valence electrons. The number of aliphatic hydroxyl groups excluding tert-OH is 1. The zero-order valence-electron chi connectivity index (χ0n) is 17.2. The number of aliphatic hydroxyl groups is 1. The first-order valence-electron chi connectivity index (χ1n) is 10.3. The number of hydrogen-bond acceptors (Lipinski definition) is 4. The van der Waals surface area contributed by atoms with E-state index in [9.17, 15) is 14.7 Å². The number of unbranched alkanes of at least 4 members (excludes halogenated alkanes) is 2. The number of rotatable bonds is 13. The second kappa shape index (κ2) is 12.0. The van der Waals surface area contributed by atoms with Crippen LogP contribution in [-0.2, 0) is 16.0 Å². The van der Waals surface area contributed by atoms with Gasteiger partial charge in [0, 0.05) is 37.7 Å². The number of aromatic nitrogens is 1. The summed E-state index contributed by atoms with van der Waals surface area (Å²) in [5, 5.41) is 9.60. The lowest BCUT2D eigenvalue weighted by molar-refractivity contribution is -0.119. The molecule has 0 aliphatic heterocycles. The molecule has 0 saturated carbocycles. The summed E-state index contributed by atoms with van der Waals surface area (Å²) in [5.41, 5.74) is 9.04. The molecule has 5 nitrogen and oxygen atoms in total. The number of carbonyl (C=O) groups is 2. The smallest absolute Gasteiger partial charge is 0.140 e. The molecule has 1 aromatic heterocycles. The normalized spacial score (nSPS) is 12.7. The summed E-state index contributed by atoms with van der Waals surface area (Å²) in [5.74, 6) is 0.318. The van der Waals surface area contributed by atoms with Gasteiger partial charge in [0.1, 0.15) is 11.6 Å². The summed E-state index contributed by atoms with van der Waals surface area (Å²) in [6, 6.07) is 10.1. The van der Waals surface area contributed by atoms with Crippen molar-refractivity contribution in [2.24, 2.45) is 5.73 Å². The van der Waals surface area contributed by atoms with Crippen LogP contribution in [0.3, 0.4) is 0 Å². The largest absolute Gasteiger partial charge is 0.512 e. The number of ketones is 2. The minimum absolute atomic E-state index is 0.00816. The summed E-state index contributed by atoms with van der Waals surface area (Å²) in [4.78, 5) is 26.9. The molecule has 5 heteroatoms. The lowest BCUT2D eigenvalue weighted by Crippen LogP contribution is -2.12. The maximum Gasteiger partial charge on any atom is 0.140 e. The van der Waals surface area contributed by atoms with Crippen molar-refractivity contribution in [2.75, 3.05) is 0 Å². The van der Waals surface area contributed by atoms with Crippen molar-refractivity contribution in [1.82, 2.24) is 4.98 Å². The molecule has 0 spiro atoms. The number of hydrogen-bond donors (Lipinski definition) is 3. The third-order valence-electron chi connectivity index (χ3n) is 4.82. The van der Waals surface area contributed by atoms with E-state index in [0.717, 1.165) is 36.8 Å². The molecule has 29 heavy (non-hydrogen) atoms. The van der Waals surface area contributed by atoms with Gasteiger partial charge in [0.05, 0.1) is 12.2 Å². The fourth-order valence-corrected chi connectivity index (χ4v) is 3.25. The topological polar surface area (TPSA) is 96.2 Å². The molecule has 0 amide bonds. The van der Waals surface area contributed by atoms with E-state index in [1.807, 2.05) is 18.5 Å². The highest BCUT2D eigenvalue weighted by atomic mass is 16.3. The van der Waals surface area contributed by atoms with Gasteiger partial charge in [0.15, 0.2) is 0 Å². The highest BCUT2D eigenvalue weighted by molar-refractivity contribution is 5.80. The van der Waals surface area contributed by atoms with Crippen LogP contribution in [-0.4, -0.2) is 27.7 Å². The molecule has 1 aromatic carbocycles. The highest BCUT2D eigenvalue weighted by Crippen LogP contribution is 2.19. The Balaban J connectivity index is 1.57. The standard InChI is InChI=1S/C24H32N2O3/c1-18(25)15-24(29)16-23(28)6-4-2-3-5-22(27)12-9-19-7-10-20(11-8-19)21-13-14-26-17-21/h7-8,10-11,13-15,17-18,26,29H,2-6,9,12,16,25H2,1H3/b24-15-. The van der Waals surface area contributed by atoms with Gasteiger partial charge < -0.3 is 15.8 Å². The van der Waals surface area contributed by atoms with E-state index in [2.05, 4.69) is 29.2 Å². The number of Topliss-reactive ketones (excluding diaryl/α,β-unsaturated/α-hetero) is 2. The summed E-state index contributed by atoms with van der Waals surface area (Å²) in [6.45, 7) is 1.75. The highest BCUT2D eigenvalue weighted by Gasteiger charge is 2.07. The number of aromatic amines is 1. The van der Waals surface area contributed by atoms with Gasteiger partial charge in [-0.2, -0.15) is 0 Å². The number of benzene rings is 1. The molecule has 0 saturated heterocycles. The van der Waals surface area contributed by atoms with Gasteiger partial charge in [0.2, 0.25) is 0 Å². The van der Waals surface area contributed by atoms with Crippen molar-refractivity contribution in [3.63, 3.8) is 0 Å². The lowest BCUT2D eigenvalue weighted by Gasteiger charge is -2.04. The SMILES string of the molecule is CC(N)/C=C(\O)CC(=O)CCCCCC(=O)CCc1ccc(-c2cc[nH]c2)cc1. The lowest BCUT2D eigenvalue weighted by atomic mass is 10.0. The van der Waals surface area contributed by atoms with Crippen LogP contribution in [0.25, 0.3) is 11.1 Å². The van der Waals surface area contributed by atoms with Gasteiger partial charge in [-0.3, -0.25) is 9.59 Å². The maximum absolute atomic E-state index is 12.1. The van der Waals surface area contributed by atoms with E-state index in [4.69, 9.17) is 5.73 Å².